The molecule has 1 saturated heterocycles. The summed E-state index contributed by atoms with van der Waals surface area (Å²) in [5.41, 5.74) is 7.26. The summed E-state index contributed by atoms with van der Waals surface area (Å²) in [7, 11) is 0. The normalized spacial score (nSPS) is 22.8. The summed E-state index contributed by atoms with van der Waals surface area (Å²) in [5.74, 6) is 0. The lowest BCUT2D eigenvalue weighted by molar-refractivity contribution is 0.136. The Morgan fingerprint density at radius 3 is 2.57 bits per heavy atom. The van der Waals surface area contributed by atoms with Crippen molar-refractivity contribution in [1.29, 1.82) is 0 Å². The number of nitrogens with two attached hydrogens (primary N) is 1. The van der Waals surface area contributed by atoms with Crippen LogP contribution in [0.1, 0.15) is 24.5 Å². The van der Waals surface area contributed by atoms with Crippen molar-refractivity contribution in [2.75, 3.05) is 12.3 Å². The SMILES string of the molecule is Nc1ccc(C(O)CC2CCN2)cc1. The number of nitrogens with one attached hydrogen (secondary N) is 1. The van der Waals surface area contributed by atoms with Gasteiger partial charge in [0.05, 0.1) is 6.10 Å². The van der Waals surface area contributed by atoms with Gasteiger partial charge in [0.15, 0.2) is 0 Å². The summed E-state index contributed by atoms with van der Waals surface area (Å²) in [6.07, 6.45) is 1.60. The third kappa shape index (κ3) is 2.05. The van der Waals surface area contributed by atoms with Gasteiger partial charge in [-0.1, -0.05) is 12.1 Å². The van der Waals surface area contributed by atoms with Gasteiger partial charge in [0.1, 0.15) is 0 Å². The molecule has 0 spiro atoms. The van der Waals surface area contributed by atoms with Gasteiger partial charge in [0, 0.05) is 11.7 Å². The summed E-state index contributed by atoms with van der Waals surface area (Å²) < 4.78 is 0. The van der Waals surface area contributed by atoms with Crippen molar-refractivity contribution in [2.24, 2.45) is 0 Å². The van der Waals surface area contributed by atoms with Crippen LogP contribution < -0.4 is 11.1 Å². The number of anilines is 1. The fraction of sp³-hybridized carbons (Fsp3) is 0.455. The van der Waals surface area contributed by atoms with Gasteiger partial charge in [-0.05, 0) is 37.1 Å². The number of rotatable bonds is 3. The molecule has 0 aromatic heterocycles. The second-order valence-corrected chi connectivity index (χ2v) is 3.86. The number of nitrogen functional groups attached to an aromatic ring is 1. The average molecular weight is 192 g/mol. The minimum Gasteiger partial charge on any atom is -0.399 e. The Bertz CT molecular complexity index is 293. The third-order valence-corrected chi connectivity index (χ3v) is 2.75. The molecule has 3 heteroatoms. The molecule has 1 heterocycles. The minimum absolute atomic E-state index is 0.367. The van der Waals surface area contributed by atoms with Crippen LogP contribution in [0.4, 0.5) is 5.69 Å². The van der Waals surface area contributed by atoms with Crippen molar-refractivity contribution in [3.63, 3.8) is 0 Å². The van der Waals surface area contributed by atoms with E-state index in [0.29, 0.717) is 6.04 Å². The number of hydrogen-bond acceptors (Lipinski definition) is 3. The highest BCUT2D eigenvalue weighted by molar-refractivity contribution is 5.39. The molecular weight excluding hydrogens is 176 g/mol. The molecule has 2 unspecified atom stereocenters. The monoisotopic (exact) mass is 192 g/mol. The van der Waals surface area contributed by atoms with Gasteiger partial charge in [0.25, 0.3) is 0 Å². The highest BCUT2D eigenvalue weighted by atomic mass is 16.3. The standard InChI is InChI=1S/C11H16N2O/c12-9-3-1-8(2-4-9)11(14)7-10-5-6-13-10/h1-4,10-11,13-14H,5-7,12H2. The van der Waals surface area contributed by atoms with E-state index in [1.165, 1.54) is 6.42 Å². The quantitative estimate of drug-likeness (QED) is 0.627. The Morgan fingerprint density at radius 2 is 2.07 bits per heavy atom. The van der Waals surface area contributed by atoms with Crippen molar-refractivity contribution < 1.29 is 5.11 Å². The zero-order valence-electron chi connectivity index (χ0n) is 8.11. The van der Waals surface area contributed by atoms with Crippen LogP contribution in [0.5, 0.6) is 0 Å². The van der Waals surface area contributed by atoms with Gasteiger partial charge in [-0.2, -0.15) is 0 Å². The largest absolute Gasteiger partial charge is 0.399 e. The number of aliphatic hydroxyl groups excluding tert-OH is 1. The molecule has 14 heavy (non-hydrogen) atoms. The van der Waals surface area contributed by atoms with Crippen LogP contribution in [0.15, 0.2) is 24.3 Å². The van der Waals surface area contributed by atoms with Crippen LogP contribution in [-0.4, -0.2) is 17.7 Å². The molecule has 1 aliphatic heterocycles. The predicted octanol–water partition coefficient (Wildman–Crippen LogP) is 1.05. The second kappa shape index (κ2) is 3.98. The Kier molecular flexibility index (Phi) is 2.70. The van der Waals surface area contributed by atoms with E-state index in [1.807, 2.05) is 24.3 Å². The lowest BCUT2D eigenvalue weighted by Gasteiger charge is -2.29. The lowest BCUT2D eigenvalue weighted by Crippen LogP contribution is -2.43. The van der Waals surface area contributed by atoms with Crippen molar-refractivity contribution in [3.05, 3.63) is 29.8 Å². The number of hydrogen-bond donors (Lipinski definition) is 3. The van der Waals surface area contributed by atoms with Gasteiger partial charge in [-0.25, -0.2) is 0 Å². The van der Waals surface area contributed by atoms with E-state index in [-0.39, 0.29) is 6.10 Å². The molecule has 4 N–H and O–H groups in total. The van der Waals surface area contributed by atoms with Crippen LogP contribution >= 0.6 is 0 Å². The fourth-order valence-electron chi connectivity index (χ4n) is 1.67. The molecule has 1 aromatic rings. The van der Waals surface area contributed by atoms with Gasteiger partial charge in [0.2, 0.25) is 0 Å². The van der Waals surface area contributed by atoms with E-state index in [0.717, 1.165) is 24.2 Å². The van der Waals surface area contributed by atoms with Crippen LogP contribution in [0.2, 0.25) is 0 Å². The maximum atomic E-state index is 9.87. The number of benzene rings is 1. The molecule has 2 atom stereocenters. The Labute approximate surface area is 83.9 Å². The Balaban J connectivity index is 1.95. The highest BCUT2D eigenvalue weighted by Crippen LogP contribution is 2.22. The van der Waals surface area contributed by atoms with Crippen LogP contribution in [0, 0.1) is 0 Å². The van der Waals surface area contributed by atoms with E-state index in [2.05, 4.69) is 5.32 Å². The summed E-state index contributed by atoms with van der Waals surface area (Å²) in [5, 5.41) is 13.1. The topological polar surface area (TPSA) is 58.3 Å². The summed E-state index contributed by atoms with van der Waals surface area (Å²) in [6, 6.07) is 7.92. The number of aliphatic hydroxyl groups is 1. The van der Waals surface area contributed by atoms with Crippen molar-refractivity contribution >= 4 is 5.69 Å². The van der Waals surface area contributed by atoms with Crippen molar-refractivity contribution in [3.8, 4) is 0 Å². The Morgan fingerprint density at radius 1 is 1.43 bits per heavy atom. The van der Waals surface area contributed by atoms with Gasteiger partial charge < -0.3 is 16.2 Å². The molecule has 3 nitrogen and oxygen atoms in total. The molecule has 0 bridgehead atoms. The van der Waals surface area contributed by atoms with E-state index < -0.39 is 0 Å². The fourth-order valence-corrected chi connectivity index (χ4v) is 1.67. The second-order valence-electron chi connectivity index (χ2n) is 3.86. The maximum Gasteiger partial charge on any atom is 0.0804 e. The lowest BCUT2D eigenvalue weighted by atomic mass is 9.96. The summed E-state index contributed by atoms with van der Waals surface area (Å²) in [4.78, 5) is 0. The van der Waals surface area contributed by atoms with E-state index in [4.69, 9.17) is 5.73 Å². The first-order valence-corrected chi connectivity index (χ1v) is 5.02. The summed E-state index contributed by atoms with van der Waals surface area (Å²) in [6.45, 7) is 1.08. The smallest absolute Gasteiger partial charge is 0.0804 e. The van der Waals surface area contributed by atoms with Crippen LogP contribution in [0.3, 0.4) is 0 Å². The molecule has 2 rings (SSSR count). The van der Waals surface area contributed by atoms with E-state index >= 15 is 0 Å². The molecule has 1 aliphatic rings. The molecule has 1 fully saturated rings. The minimum atomic E-state index is -0.367. The van der Waals surface area contributed by atoms with Gasteiger partial charge in [-0.3, -0.25) is 0 Å². The van der Waals surface area contributed by atoms with Gasteiger partial charge in [-0.15, -0.1) is 0 Å². The van der Waals surface area contributed by atoms with Gasteiger partial charge >= 0.3 is 0 Å². The molecule has 0 radical (unpaired) electrons. The van der Waals surface area contributed by atoms with Crippen LogP contribution in [-0.2, 0) is 0 Å². The molecular formula is C11H16N2O. The first-order valence-electron chi connectivity index (χ1n) is 5.02. The zero-order chi connectivity index (χ0) is 9.97. The molecule has 76 valence electrons. The van der Waals surface area contributed by atoms with Crippen LogP contribution in [0.25, 0.3) is 0 Å². The predicted molar refractivity (Wildman–Crippen MR) is 56.8 cm³/mol. The highest BCUT2D eigenvalue weighted by Gasteiger charge is 2.20. The van der Waals surface area contributed by atoms with E-state index in [1.54, 1.807) is 0 Å². The first kappa shape index (κ1) is 9.49. The Hall–Kier alpha value is -1.06. The summed E-state index contributed by atoms with van der Waals surface area (Å²) >= 11 is 0. The maximum absolute atomic E-state index is 9.87. The molecule has 0 saturated carbocycles. The molecule has 0 aliphatic carbocycles. The zero-order valence-corrected chi connectivity index (χ0v) is 8.11. The molecule has 1 aromatic carbocycles. The molecule has 0 amide bonds. The van der Waals surface area contributed by atoms with E-state index in [9.17, 15) is 5.11 Å². The third-order valence-electron chi connectivity index (χ3n) is 2.75. The first-order chi connectivity index (χ1) is 6.75. The van der Waals surface area contributed by atoms with Crippen molar-refractivity contribution in [1.82, 2.24) is 5.32 Å². The average Bonchev–Trinajstić information content (AvgIpc) is 2.12. The van der Waals surface area contributed by atoms with Crippen molar-refractivity contribution in [2.45, 2.75) is 25.0 Å².